The van der Waals surface area contributed by atoms with E-state index in [9.17, 15) is 0 Å². The number of hydrogen-bond donors (Lipinski definition) is 0. The summed E-state index contributed by atoms with van der Waals surface area (Å²) in [4.78, 5) is 5.30. The van der Waals surface area contributed by atoms with E-state index in [4.69, 9.17) is 0 Å². The molecule has 0 radical (unpaired) electrons. The summed E-state index contributed by atoms with van der Waals surface area (Å²) < 4.78 is 2.19. The van der Waals surface area contributed by atoms with E-state index < -0.39 is 0 Å². The van der Waals surface area contributed by atoms with Crippen LogP contribution in [0.25, 0.3) is 49.2 Å². The summed E-state index contributed by atoms with van der Waals surface area (Å²) in [5, 5.41) is 2.88. The maximum Gasteiger partial charge on any atom is 0.0449 e. The Bertz CT molecular complexity index is 1600. The highest BCUT2D eigenvalue weighted by Crippen LogP contribution is 2.39. The first-order valence-electron chi connectivity index (χ1n) is 14.5. The Hall–Kier alpha value is -2.47. The average molecular weight is 673 g/mol. The summed E-state index contributed by atoms with van der Waals surface area (Å²) in [5.74, 6) is 0. The molecule has 0 nitrogen and oxygen atoms in total. The highest BCUT2D eigenvalue weighted by molar-refractivity contribution is 14.1. The van der Waals surface area contributed by atoms with Crippen LogP contribution in [0, 0.1) is 0 Å². The third-order valence-electron chi connectivity index (χ3n) is 7.51. The van der Waals surface area contributed by atoms with Crippen LogP contribution in [0.1, 0.15) is 73.1 Å². The molecule has 2 heterocycles. The Kier molecular flexibility index (Phi) is 10.5. The number of thiophene rings is 2. The van der Waals surface area contributed by atoms with Crippen LogP contribution < -0.4 is 0 Å². The molecule has 204 valence electrons. The first-order chi connectivity index (χ1) is 19.7. The van der Waals surface area contributed by atoms with E-state index in [1.807, 2.05) is 22.7 Å². The number of rotatable bonds is 12. The van der Waals surface area contributed by atoms with Crippen molar-refractivity contribution in [1.29, 1.82) is 0 Å². The molecule has 0 saturated heterocycles. The molecule has 5 rings (SSSR count). The van der Waals surface area contributed by atoms with Crippen molar-refractivity contribution in [2.45, 2.75) is 58.8 Å². The van der Waals surface area contributed by atoms with Gasteiger partial charge in [-0.1, -0.05) is 116 Å². The molecule has 0 atom stereocenters. The van der Waals surface area contributed by atoms with Crippen molar-refractivity contribution >= 4 is 74.3 Å². The molecule has 0 aliphatic heterocycles. The van der Waals surface area contributed by atoms with Crippen molar-refractivity contribution < 1.29 is 0 Å². The molecular weight excluding hydrogens is 635 g/mol. The van der Waals surface area contributed by atoms with Gasteiger partial charge in [-0.25, -0.2) is 0 Å². The van der Waals surface area contributed by atoms with Gasteiger partial charge in [0.2, 0.25) is 0 Å². The summed E-state index contributed by atoms with van der Waals surface area (Å²) in [6, 6.07) is 28.9. The van der Waals surface area contributed by atoms with Gasteiger partial charge in [0.15, 0.2) is 0 Å². The zero-order valence-electron chi connectivity index (χ0n) is 23.5. The van der Waals surface area contributed by atoms with E-state index >= 15 is 0 Å². The van der Waals surface area contributed by atoms with Crippen LogP contribution in [0.4, 0.5) is 0 Å². The van der Waals surface area contributed by atoms with Gasteiger partial charge in [-0.15, -0.1) is 22.7 Å². The molecule has 0 fully saturated rings. The molecule has 0 unspecified atom stereocenters. The Labute approximate surface area is 261 Å². The lowest BCUT2D eigenvalue weighted by atomic mass is 9.85. The van der Waals surface area contributed by atoms with Gasteiger partial charge in [0.05, 0.1) is 0 Å². The molecule has 3 aromatic carbocycles. The lowest BCUT2D eigenvalue weighted by Crippen LogP contribution is -2.02. The molecule has 0 aliphatic rings. The Morgan fingerprint density at radius 1 is 0.575 bits per heavy atom. The number of fused-ring (bicyclic) bond motifs is 1. The number of unbranched alkanes of at least 4 members (excludes halogenated alkanes) is 3. The van der Waals surface area contributed by atoms with E-state index in [-0.39, 0.29) is 0 Å². The van der Waals surface area contributed by atoms with Gasteiger partial charge in [0.1, 0.15) is 0 Å². The van der Waals surface area contributed by atoms with E-state index in [2.05, 4.69) is 138 Å². The van der Waals surface area contributed by atoms with Gasteiger partial charge < -0.3 is 0 Å². The summed E-state index contributed by atoms with van der Waals surface area (Å²) >= 11 is 6.15. The highest BCUT2D eigenvalue weighted by Gasteiger charge is 2.16. The van der Waals surface area contributed by atoms with Gasteiger partial charge in [-0.3, -0.25) is 0 Å². The molecule has 0 aliphatic carbocycles. The van der Waals surface area contributed by atoms with E-state index in [0.29, 0.717) is 0 Å². The van der Waals surface area contributed by atoms with Crippen LogP contribution in [0.3, 0.4) is 0 Å². The van der Waals surface area contributed by atoms with Gasteiger partial charge in [0, 0.05) is 19.5 Å². The van der Waals surface area contributed by atoms with E-state index in [1.54, 1.807) is 0 Å². The van der Waals surface area contributed by atoms with Crippen molar-refractivity contribution in [3.8, 4) is 20.2 Å². The SMILES string of the molecule is CCCCCc1c(/C=C/c2ccc(-c3ccc(-c4ccccc4)s3)s2)c(/C=C\I)c(CCCC)c2ccccc12. The quantitative estimate of drug-likeness (QED) is 0.0914. The fourth-order valence-electron chi connectivity index (χ4n) is 5.48. The van der Waals surface area contributed by atoms with Gasteiger partial charge in [0.25, 0.3) is 0 Å². The Morgan fingerprint density at radius 2 is 1.18 bits per heavy atom. The largest absolute Gasteiger partial charge is 0.135 e. The molecule has 40 heavy (non-hydrogen) atoms. The maximum absolute atomic E-state index is 2.41. The maximum atomic E-state index is 2.41. The number of aryl methyl sites for hydroxylation is 2. The Balaban J connectivity index is 1.54. The molecule has 0 saturated carbocycles. The highest BCUT2D eigenvalue weighted by atomic mass is 127. The summed E-state index contributed by atoms with van der Waals surface area (Å²) in [6.45, 7) is 4.59. The van der Waals surface area contributed by atoms with Gasteiger partial charge >= 0.3 is 0 Å². The minimum absolute atomic E-state index is 1.12. The van der Waals surface area contributed by atoms with Crippen LogP contribution >= 0.6 is 45.3 Å². The first-order valence-corrected chi connectivity index (χ1v) is 17.4. The van der Waals surface area contributed by atoms with Gasteiger partial charge in [-0.2, -0.15) is 0 Å². The minimum atomic E-state index is 1.12. The second-order valence-corrected chi connectivity index (χ2v) is 13.2. The zero-order valence-corrected chi connectivity index (χ0v) is 27.2. The molecule has 0 N–H and O–H groups in total. The number of hydrogen-bond acceptors (Lipinski definition) is 2. The topological polar surface area (TPSA) is 0 Å². The first kappa shape index (κ1) is 29.0. The fourth-order valence-corrected chi connectivity index (χ4v) is 7.85. The van der Waals surface area contributed by atoms with Crippen molar-refractivity contribution in [3.63, 3.8) is 0 Å². The minimum Gasteiger partial charge on any atom is -0.135 e. The second kappa shape index (κ2) is 14.4. The van der Waals surface area contributed by atoms with Crippen LogP contribution in [0.5, 0.6) is 0 Å². The molecule has 2 aromatic heterocycles. The lowest BCUT2D eigenvalue weighted by molar-refractivity contribution is 0.719. The van der Waals surface area contributed by atoms with Crippen LogP contribution in [-0.4, -0.2) is 0 Å². The molecular formula is C37H37IS2. The van der Waals surface area contributed by atoms with Crippen LogP contribution in [-0.2, 0) is 12.8 Å². The number of halogens is 1. The monoisotopic (exact) mass is 672 g/mol. The number of benzene rings is 3. The molecule has 0 amide bonds. The second-order valence-electron chi connectivity index (χ2n) is 10.2. The summed E-state index contributed by atoms with van der Waals surface area (Å²) in [7, 11) is 0. The standard InChI is InChI=1S/C37H37IS2/c1-3-5-8-16-32-31-18-12-11-17-30(31)29(15-6-4-2)34(25-26-38)33(32)21-19-28-20-22-36(39-28)37-24-23-35(40-37)27-13-9-7-10-14-27/h7,9-14,17-26H,3-6,8,15-16H2,1-2H3/b21-19+,26-25-. The average Bonchev–Trinajstić information content (AvgIpc) is 3.67. The predicted molar refractivity (Wildman–Crippen MR) is 191 cm³/mol. The Morgan fingerprint density at radius 3 is 1.88 bits per heavy atom. The van der Waals surface area contributed by atoms with Crippen LogP contribution in [0.2, 0.25) is 0 Å². The fraction of sp³-hybridized carbons (Fsp3) is 0.243. The van der Waals surface area contributed by atoms with Crippen molar-refractivity contribution in [2.75, 3.05) is 0 Å². The lowest BCUT2D eigenvalue weighted by Gasteiger charge is -2.20. The zero-order chi connectivity index (χ0) is 27.7. The summed E-state index contributed by atoms with van der Waals surface area (Å²) in [6.07, 6.45) is 15.5. The van der Waals surface area contributed by atoms with E-state index in [0.717, 1.165) is 12.8 Å². The normalized spacial score (nSPS) is 11.9. The third-order valence-corrected chi connectivity index (χ3v) is 10.2. The van der Waals surface area contributed by atoms with Crippen molar-refractivity contribution in [2.24, 2.45) is 0 Å². The molecule has 3 heteroatoms. The smallest absolute Gasteiger partial charge is 0.0449 e. The molecule has 0 bridgehead atoms. The van der Waals surface area contributed by atoms with E-state index in [1.165, 1.54) is 90.2 Å². The molecule has 0 spiro atoms. The summed E-state index contributed by atoms with van der Waals surface area (Å²) in [5.41, 5.74) is 7.12. The molecule has 5 aromatic rings. The predicted octanol–water partition coefficient (Wildman–Crippen LogP) is 12.9. The van der Waals surface area contributed by atoms with Crippen LogP contribution in [0.15, 0.2) is 82.9 Å². The van der Waals surface area contributed by atoms with Crippen molar-refractivity contribution in [3.05, 3.63) is 110 Å². The van der Waals surface area contributed by atoms with Crippen molar-refractivity contribution in [1.82, 2.24) is 0 Å². The third kappa shape index (κ3) is 6.70. The van der Waals surface area contributed by atoms with Gasteiger partial charge in [-0.05, 0) is 105 Å².